The van der Waals surface area contributed by atoms with Crippen molar-refractivity contribution in [1.29, 1.82) is 0 Å². The van der Waals surface area contributed by atoms with Crippen molar-refractivity contribution in [3.05, 3.63) is 61.7 Å². The summed E-state index contributed by atoms with van der Waals surface area (Å²) in [5.41, 5.74) is 2.72. The van der Waals surface area contributed by atoms with Gasteiger partial charge in [-0.15, -0.1) is 0 Å². The molecule has 0 saturated heterocycles. The molecule has 2 aromatic carbocycles. The van der Waals surface area contributed by atoms with Gasteiger partial charge >= 0.3 is 0 Å². The quantitative estimate of drug-likeness (QED) is 0.667. The molecule has 0 radical (unpaired) electrons. The molecule has 0 bridgehead atoms. The summed E-state index contributed by atoms with van der Waals surface area (Å²) in [6, 6.07) is 11.5. The smallest absolute Gasteiger partial charge is 0.255 e. The monoisotopic (exact) mass is 458 g/mol. The van der Waals surface area contributed by atoms with Crippen molar-refractivity contribution in [1.82, 2.24) is 10.2 Å². The predicted molar refractivity (Wildman–Crippen MR) is 106 cm³/mol. The van der Waals surface area contributed by atoms with E-state index < -0.39 is 0 Å². The number of benzene rings is 2. The zero-order valence-electron chi connectivity index (χ0n) is 13.9. The Hall–Kier alpha value is -1.31. The van der Waals surface area contributed by atoms with Crippen LogP contribution in [0.3, 0.4) is 0 Å². The second kappa shape index (κ2) is 8.69. The lowest BCUT2D eigenvalue weighted by atomic mass is 10.1. The van der Waals surface area contributed by atoms with E-state index in [1.165, 1.54) is 5.56 Å². The van der Waals surface area contributed by atoms with Gasteiger partial charge in [-0.1, -0.05) is 35.9 Å². The van der Waals surface area contributed by atoms with E-state index in [-0.39, 0.29) is 5.91 Å². The summed E-state index contributed by atoms with van der Waals surface area (Å²) in [7, 11) is 5.59. The van der Waals surface area contributed by atoms with Crippen LogP contribution >= 0.6 is 34.2 Å². The number of hydrogen-bond acceptors (Lipinski definition) is 3. The first-order valence-corrected chi connectivity index (χ1v) is 8.90. The van der Waals surface area contributed by atoms with Gasteiger partial charge in [-0.05, 0) is 59.9 Å². The van der Waals surface area contributed by atoms with Gasteiger partial charge in [0.15, 0.2) is 0 Å². The van der Waals surface area contributed by atoms with Crippen LogP contribution in [0.4, 0.5) is 0 Å². The third-order valence-electron chi connectivity index (χ3n) is 3.53. The zero-order valence-corrected chi connectivity index (χ0v) is 16.8. The van der Waals surface area contributed by atoms with E-state index in [1.807, 2.05) is 32.3 Å². The first-order chi connectivity index (χ1) is 11.4. The molecule has 24 heavy (non-hydrogen) atoms. The molecule has 0 saturated carbocycles. The van der Waals surface area contributed by atoms with Gasteiger partial charge in [0.25, 0.3) is 5.91 Å². The Balaban J connectivity index is 2.16. The third-order valence-corrected chi connectivity index (χ3v) is 5.06. The molecule has 0 fully saturated rings. The minimum atomic E-state index is -0.204. The van der Waals surface area contributed by atoms with Gasteiger partial charge in [0.2, 0.25) is 0 Å². The van der Waals surface area contributed by atoms with Gasteiger partial charge < -0.3 is 15.0 Å². The zero-order chi connectivity index (χ0) is 17.7. The molecule has 0 aliphatic rings. The standard InChI is InChI=1S/C18H20ClIN2O2/c1-22(2)11-13-7-5-4-6-12(13)10-21-18(23)14-8-15(19)16(20)9-17(14)24-3/h4-9H,10-11H2,1-3H3,(H,21,23). The summed E-state index contributed by atoms with van der Waals surface area (Å²) in [6.07, 6.45) is 0. The summed E-state index contributed by atoms with van der Waals surface area (Å²) in [5.74, 6) is 0.313. The number of rotatable bonds is 6. The highest BCUT2D eigenvalue weighted by Crippen LogP contribution is 2.28. The minimum absolute atomic E-state index is 0.204. The Labute approximate surface area is 161 Å². The van der Waals surface area contributed by atoms with Crippen LogP contribution in [-0.2, 0) is 13.1 Å². The van der Waals surface area contributed by atoms with Crippen LogP contribution in [0.15, 0.2) is 36.4 Å². The number of methoxy groups -OCH3 is 1. The highest BCUT2D eigenvalue weighted by Gasteiger charge is 2.15. The molecule has 0 aliphatic heterocycles. The summed E-state index contributed by atoms with van der Waals surface area (Å²) in [5, 5.41) is 3.49. The Morgan fingerprint density at radius 2 is 1.92 bits per heavy atom. The largest absolute Gasteiger partial charge is 0.496 e. The van der Waals surface area contributed by atoms with E-state index in [0.717, 1.165) is 15.7 Å². The highest BCUT2D eigenvalue weighted by molar-refractivity contribution is 14.1. The van der Waals surface area contributed by atoms with Crippen molar-refractivity contribution in [3.63, 3.8) is 0 Å². The van der Waals surface area contributed by atoms with Gasteiger partial charge in [-0.25, -0.2) is 0 Å². The third kappa shape index (κ3) is 4.84. The van der Waals surface area contributed by atoms with E-state index in [9.17, 15) is 4.79 Å². The molecule has 128 valence electrons. The van der Waals surface area contributed by atoms with Gasteiger partial charge in [0.1, 0.15) is 5.75 Å². The van der Waals surface area contributed by atoms with E-state index in [2.05, 4.69) is 38.9 Å². The molecule has 0 atom stereocenters. The first kappa shape index (κ1) is 19.0. The maximum atomic E-state index is 12.5. The fourth-order valence-electron chi connectivity index (χ4n) is 2.37. The van der Waals surface area contributed by atoms with Gasteiger partial charge in [0, 0.05) is 16.7 Å². The maximum Gasteiger partial charge on any atom is 0.255 e. The van der Waals surface area contributed by atoms with Crippen LogP contribution in [0.25, 0.3) is 0 Å². The Morgan fingerprint density at radius 1 is 1.25 bits per heavy atom. The highest BCUT2D eigenvalue weighted by atomic mass is 127. The molecule has 0 aromatic heterocycles. The summed E-state index contributed by atoms with van der Waals surface area (Å²) in [4.78, 5) is 14.6. The molecule has 4 nitrogen and oxygen atoms in total. The number of ether oxygens (including phenoxy) is 1. The molecule has 1 amide bonds. The van der Waals surface area contributed by atoms with E-state index in [4.69, 9.17) is 16.3 Å². The van der Waals surface area contributed by atoms with Crippen LogP contribution in [0, 0.1) is 3.57 Å². The summed E-state index contributed by atoms with van der Waals surface area (Å²) < 4.78 is 6.15. The van der Waals surface area contributed by atoms with Crippen molar-refractivity contribution in [3.8, 4) is 5.75 Å². The number of nitrogens with zero attached hydrogens (tertiary/aromatic N) is 1. The van der Waals surface area contributed by atoms with Gasteiger partial charge in [0.05, 0.1) is 17.7 Å². The fourth-order valence-corrected chi connectivity index (χ4v) is 2.97. The second-order valence-corrected chi connectivity index (χ2v) is 7.23. The topological polar surface area (TPSA) is 41.6 Å². The molecule has 2 aromatic rings. The SMILES string of the molecule is COc1cc(I)c(Cl)cc1C(=O)NCc1ccccc1CN(C)C. The molecule has 0 aliphatic carbocycles. The Kier molecular flexibility index (Phi) is 6.89. The van der Waals surface area contributed by atoms with Crippen molar-refractivity contribution in [2.75, 3.05) is 21.2 Å². The van der Waals surface area contributed by atoms with E-state index in [0.29, 0.717) is 22.9 Å². The van der Waals surface area contributed by atoms with Gasteiger partial charge in [-0.3, -0.25) is 4.79 Å². The van der Waals surface area contributed by atoms with Crippen LogP contribution in [-0.4, -0.2) is 32.0 Å². The Morgan fingerprint density at radius 3 is 2.54 bits per heavy atom. The van der Waals surface area contributed by atoms with Crippen molar-refractivity contribution in [2.45, 2.75) is 13.1 Å². The molecular formula is C18H20ClIN2O2. The van der Waals surface area contributed by atoms with E-state index >= 15 is 0 Å². The first-order valence-electron chi connectivity index (χ1n) is 7.45. The number of hydrogen-bond donors (Lipinski definition) is 1. The molecule has 6 heteroatoms. The van der Waals surface area contributed by atoms with Crippen molar-refractivity contribution < 1.29 is 9.53 Å². The lowest BCUT2D eigenvalue weighted by Crippen LogP contribution is -2.24. The molecule has 2 rings (SSSR count). The molecule has 1 N–H and O–H groups in total. The number of carbonyl (C=O) groups excluding carboxylic acids is 1. The average molecular weight is 459 g/mol. The Bertz CT molecular complexity index is 735. The van der Waals surface area contributed by atoms with Crippen molar-refractivity contribution in [2.24, 2.45) is 0 Å². The number of carbonyl (C=O) groups is 1. The molecule has 0 spiro atoms. The lowest BCUT2D eigenvalue weighted by Gasteiger charge is -2.15. The normalized spacial score (nSPS) is 10.8. The summed E-state index contributed by atoms with van der Waals surface area (Å²) in [6.45, 7) is 1.28. The lowest BCUT2D eigenvalue weighted by molar-refractivity contribution is 0.0947. The predicted octanol–water partition coefficient (Wildman–Crippen LogP) is 3.94. The van der Waals surface area contributed by atoms with Crippen LogP contribution < -0.4 is 10.1 Å². The summed E-state index contributed by atoms with van der Waals surface area (Å²) >= 11 is 8.25. The fraction of sp³-hybridized carbons (Fsp3) is 0.278. The van der Waals surface area contributed by atoms with E-state index in [1.54, 1.807) is 19.2 Å². The van der Waals surface area contributed by atoms with Gasteiger partial charge in [-0.2, -0.15) is 0 Å². The maximum absolute atomic E-state index is 12.5. The number of nitrogens with one attached hydrogen (secondary N) is 1. The van der Waals surface area contributed by atoms with Crippen LogP contribution in [0.1, 0.15) is 21.5 Å². The average Bonchev–Trinajstić information content (AvgIpc) is 2.55. The molecule has 0 heterocycles. The number of amides is 1. The number of halogens is 2. The van der Waals surface area contributed by atoms with Crippen LogP contribution in [0.5, 0.6) is 5.75 Å². The minimum Gasteiger partial charge on any atom is -0.496 e. The molecular weight excluding hydrogens is 439 g/mol. The molecule has 0 unspecified atom stereocenters. The van der Waals surface area contributed by atoms with Crippen LogP contribution in [0.2, 0.25) is 5.02 Å². The second-order valence-electron chi connectivity index (χ2n) is 5.66. The van der Waals surface area contributed by atoms with Crippen molar-refractivity contribution >= 4 is 40.1 Å².